The molecule has 2 aromatic rings. The number of carbonyl (C=O) groups excluding carboxylic acids is 1. The van der Waals surface area contributed by atoms with Gasteiger partial charge in [-0.25, -0.2) is 4.79 Å². The molecule has 0 spiro atoms. The summed E-state index contributed by atoms with van der Waals surface area (Å²) >= 11 is 7.80. The van der Waals surface area contributed by atoms with Gasteiger partial charge in [0.2, 0.25) is 0 Å². The number of hydrogen-bond acceptors (Lipinski definition) is 6. The van der Waals surface area contributed by atoms with Crippen molar-refractivity contribution in [1.29, 1.82) is 0 Å². The van der Waals surface area contributed by atoms with Crippen molar-refractivity contribution >= 4 is 58.0 Å². The fraction of sp³-hybridized carbons (Fsp3) is 0.0556. The second kappa shape index (κ2) is 8.39. The Morgan fingerprint density at radius 1 is 1.23 bits per heavy atom. The normalized spacial score (nSPS) is 15.2. The van der Waals surface area contributed by atoms with Crippen molar-refractivity contribution in [2.45, 2.75) is 9.79 Å². The largest absolute Gasteiger partial charge is 0.482 e. The number of thiocarbonyl (C=S) groups is 1. The minimum atomic E-state index is -1.01. The van der Waals surface area contributed by atoms with Crippen LogP contribution in [-0.2, 0) is 9.59 Å². The number of aliphatic carboxylic acids is 1. The van der Waals surface area contributed by atoms with Gasteiger partial charge in [-0.2, -0.15) is 0 Å². The van der Waals surface area contributed by atoms with Crippen LogP contribution in [0.15, 0.2) is 63.2 Å². The molecule has 1 fully saturated rings. The fourth-order valence-electron chi connectivity index (χ4n) is 2.13. The van der Waals surface area contributed by atoms with Crippen LogP contribution in [0.2, 0.25) is 0 Å². The number of rotatable bonds is 6. The van der Waals surface area contributed by atoms with Crippen molar-refractivity contribution in [1.82, 2.24) is 5.32 Å². The van der Waals surface area contributed by atoms with Gasteiger partial charge in [-0.1, -0.05) is 47.9 Å². The highest BCUT2D eigenvalue weighted by Crippen LogP contribution is 2.31. The van der Waals surface area contributed by atoms with Crippen molar-refractivity contribution in [2.75, 3.05) is 6.61 Å². The van der Waals surface area contributed by atoms with Gasteiger partial charge in [0.1, 0.15) is 10.1 Å². The van der Waals surface area contributed by atoms with Crippen LogP contribution in [0.3, 0.4) is 0 Å². The van der Waals surface area contributed by atoms with Gasteiger partial charge < -0.3 is 15.2 Å². The van der Waals surface area contributed by atoms with Crippen LogP contribution in [0.1, 0.15) is 5.56 Å². The predicted molar refractivity (Wildman–Crippen MR) is 106 cm³/mol. The lowest BCUT2D eigenvalue weighted by Gasteiger charge is -2.06. The Bertz CT molecular complexity index is 894. The molecule has 1 aliphatic rings. The third-order valence-electron chi connectivity index (χ3n) is 3.22. The maximum Gasteiger partial charge on any atom is 0.341 e. The highest BCUT2D eigenvalue weighted by Gasteiger charge is 2.21. The molecule has 2 aromatic carbocycles. The summed E-state index contributed by atoms with van der Waals surface area (Å²) in [6.45, 7) is -0.363. The van der Waals surface area contributed by atoms with Crippen LogP contribution in [0.4, 0.5) is 0 Å². The number of amides is 1. The maximum atomic E-state index is 11.8. The van der Waals surface area contributed by atoms with E-state index in [0.29, 0.717) is 15.0 Å². The Morgan fingerprint density at radius 2 is 2.00 bits per heavy atom. The van der Waals surface area contributed by atoms with E-state index in [9.17, 15) is 9.59 Å². The Kier molecular flexibility index (Phi) is 5.97. The minimum Gasteiger partial charge on any atom is -0.482 e. The van der Waals surface area contributed by atoms with Gasteiger partial charge in [0.05, 0.1) is 4.91 Å². The Hall–Kier alpha value is -2.29. The number of carboxylic acid groups (broad SMARTS) is 1. The molecule has 0 bridgehead atoms. The average molecular weight is 404 g/mol. The van der Waals surface area contributed by atoms with E-state index in [1.165, 1.54) is 11.8 Å². The zero-order valence-corrected chi connectivity index (χ0v) is 15.7. The molecule has 3 rings (SSSR count). The highest BCUT2D eigenvalue weighted by atomic mass is 32.2. The Morgan fingerprint density at radius 3 is 2.65 bits per heavy atom. The maximum absolute atomic E-state index is 11.8. The van der Waals surface area contributed by atoms with Crippen LogP contribution >= 0.6 is 35.7 Å². The van der Waals surface area contributed by atoms with Crippen LogP contribution in [0.25, 0.3) is 6.08 Å². The quantitative estimate of drug-likeness (QED) is 0.561. The first-order valence-corrected chi connectivity index (χ1v) is 9.51. The molecule has 0 atom stereocenters. The molecule has 0 aliphatic carbocycles. The lowest BCUT2D eigenvalue weighted by molar-refractivity contribution is -0.139. The second-order valence-corrected chi connectivity index (χ2v) is 8.05. The summed E-state index contributed by atoms with van der Waals surface area (Å²) in [5.41, 5.74) is 0.916. The van der Waals surface area contributed by atoms with Gasteiger partial charge in [-0.15, -0.1) is 0 Å². The summed E-state index contributed by atoms with van der Waals surface area (Å²) in [5, 5.41) is 11.2. The van der Waals surface area contributed by atoms with Crippen molar-refractivity contribution < 1.29 is 19.4 Å². The Labute approximate surface area is 163 Å². The number of carbonyl (C=O) groups is 2. The van der Waals surface area contributed by atoms with Crippen molar-refractivity contribution in [3.05, 3.63) is 59.0 Å². The summed E-state index contributed by atoms with van der Waals surface area (Å²) in [4.78, 5) is 24.8. The number of ether oxygens (including phenoxy) is 1. The van der Waals surface area contributed by atoms with Crippen LogP contribution in [-0.4, -0.2) is 27.9 Å². The SMILES string of the molecule is O=C(O)COc1ccc(Sc2cccc(C=C3SC(=S)NC3=O)c2)cc1. The van der Waals surface area contributed by atoms with Gasteiger partial charge in [0, 0.05) is 9.79 Å². The molecule has 0 unspecified atom stereocenters. The van der Waals surface area contributed by atoms with E-state index in [1.54, 1.807) is 23.9 Å². The van der Waals surface area contributed by atoms with Gasteiger partial charge in [-0.05, 0) is 48.0 Å². The molecule has 1 heterocycles. The molecule has 0 aromatic heterocycles. The zero-order valence-electron chi connectivity index (χ0n) is 13.3. The van der Waals surface area contributed by atoms with E-state index in [4.69, 9.17) is 22.1 Å². The third kappa shape index (κ3) is 5.10. The average Bonchev–Trinajstić information content (AvgIpc) is 2.92. The standard InChI is InChI=1S/C18H13NO4S3/c20-16(21)10-23-12-4-6-13(7-5-12)25-14-3-1-2-11(8-14)9-15-17(22)19-18(24)26-15/h1-9H,10H2,(H,20,21)(H,19,22,24). The number of hydrogen-bond donors (Lipinski definition) is 2. The number of thioether (sulfide) groups is 1. The number of nitrogens with one attached hydrogen (secondary N) is 1. The summed E-state index contributed by atoms with van der Waals surface area (Å²) in [6.07, 6.45) is 1.81. The van der Waals surface area contributed by atoms with Gasteiger partial charge in [-0.3, -0.25) is 4.79 Å². The zero-order chi connectivity index (χ0) is 18.5. The van der Waals surface area contributed by atoms with Crippen LogP contribution in [0, 0.1) is 0 Å². The molecule has 26 heavy (non-hydrogen) atoms. The molecule has 5 nitrogen and oxygen atoms in total. The molecule has 0 radical (unpaired) electrons. The van der Waals surface area contributed by atoms with Gasteiger partial charge >= 0.3 is 5.97 Å². The topological polar surface area (TPSA) is 75.6 Å². The van der Waals surface area contributed by atoms with E-state index >= 15 is 0 Å². The molecule has 132 valence electrons. The van der Waals surface area contributed by atoms with Gasteiger partial charge in [0.15, 0.2) is 6.61 Å². The third-order valence-corrected chi connectivity index (χ3v) is 5.38. The minimum absolute atomic E-state index is 0.171. The molecule has 1 amide bonds. The first kappa shape index (κ1) is 18.5. The van der Waals surface area contributed by atoms with E-state index in [1.807, 2.05) is 42.5 Å². The fourth-order valence-corrected chi connectivity index (χ4v) is 4.06. The molecule has 2 N–H and O–H groups in total. The molecule has 1 aliphatic heterocycles. The summed E-state index contributed by atoms with van der Waals surface area (Å²) in [6, 6.07) is 15.0. The lowest BCUT2D eigenvalue weighted by Crippen LogP contribution is -2.17. The first-order valence-electron chi connectivity index (χ1n) is 7.47. The van der Waals surface area contributed by atoms with E-state index in [-0.39, 0.29) is 12.5 Å². The first-order chi connectivity index (χ1) is 12.5. The van der Waals surface area contributed by atoms with E-state index < -0.39 is 5.97 Å². The monoisotopic (exact) mass is 403 g/mol. The number of benzene rings is 2. The molecular weight excluding hydrogens is 390 g/mol. The van der Waals surface area contributed by atoms with Crippen molar-refractivity contribution in [2.24, 2.45) is 0 Å². The summed E-state index contributed by atoms with van der Waals surface area (Å²) in [7, 11) is 0. The van der Waals surface area contributed by atoms with E-state index in [0.717, 1.165) is 15.4 Å². The summed E-state index contributed by atoms with van der Waals surface area (Å²) in [5.74, 6) is -0.672. The highest BCUT2D eigenvalue weighted by molar-refractivity contribution is 8.26. The molecule has 8 heteroatoms. The predicted octanol–water partition coefficient (Wildman–Crippen LogP) is 3.79. The lowest BCUT2D eigenvalue weighted by atomic mass is 10.2. The smallest absolute Gasteiger partial charge is 0.341 e. The molecule has 0 saturated carbocycles. The van der Waals surface area contributed by atoms with Gasteiger partial charge in [0.25, 0.3) is 5.91 Å². The Balaban J connectivity index is 1.69. The van der Waals surface area contributed by atoms with Crippen LogP contribution < -0.4 is 10.1 Å². The second-order valence-electron chi connectivity index (χ2n) is 5.18. The van der Waals surface area contributed by atoms with Crippen molar-refractivity contribution in [3.63, 3.8) is 0 Å². The van der Waals surface area contributed by atoms with Crippen molar-refractivity contribution in [3.8, 4) is 5.75 Å². The summed E-state index contributed by atoms with van der Waals surface area (Å²) < 4.78 is 5.59. The molecular formula is C18H13NO4S3. The molecule has 1 saturated heterocycles. The number of carboxylic acids is 1. The van der Waals surface area contributed by atoms with Crippen LogP contribution in [0.5, 0.6) is 5.75 Å². The van der Waals surface area contributed by atoms with E-state index in [2.05, 4.69) is 5.32 Å².